The van der Waals surface area contributed by atoms with Gasteiger partial charge >= 0.3 is 6.18 Å². The van der Waals surface area contributed by atoms with Gasteiger partial charge in [-0.1, -0.05) is 35.9 Å². The molecule has 1 heterocycles. The monoisotopic (exact) mass is 368 g/mol. The van der Waals surface area contributed by atoms with Crippen LogP contribution in [0.2, 0.25) is 5.02 Å². The lowest BCUT2D eigenvalue weighted by Crippen LogP contribution is -2.36. The minimum Gasteiger partial charge on any atom is -0.314 e. The van der Waals surface area contributed by atoms with Crippen LogP contribution in [0.5, 0.6) is 0 Å². The first kappa shape index (κ1) is 18.2. The molecule has 0 spiro atoms. The maximum Gasteiger partial charge on any atom is 0.416 e. The quantitative estimate of drug-likeness (QED) is 0.852. The number of benzene rings is 2. The Kier molecular flexibility index (Phi) is 5.37. The molecule has 6 heteroatoms. The van der Waals surface area contributed by atoms with Crippen molar-refractivity contribution in [3.8, 4) is 0 Å². The lowest BCUT2D eigenvalue weighted by Gasteiger charge is -2.29. The average molecular weight is 369 g/mol. The van der Waals surface area contributed by atoms with Crippen molar-refractivity contribution in [2.45, 2.75) is 24.7 Å². The predicted molar refractivity (Wildman–Crippen MR) is 93.8 cm³/mol. The summed E-state index contributed by atoms with van der Waals surface area (Å²) in [5.74, 6) is 0.304. The molecular formula is C19H20ClF3N2. The summed E-state index contributed by atoms with van der Waals surface area (Å²) in [6, 6.07) is 13.5. The van der Waals surface area contributed by atoms with Crippen molar-refractivity contribution in [3.63, 3.8) is 0 Å². The van der Waals surface area contributed by atoms with E-state index in [9.17, 15) is 13.2 Å². The molecule has 0 unspecified atom stereocenters. The zero-order valence-electron chi connectivity index (χ0n) is 13.9. The molecule has 1 N–H and O–H groups in total. The SMILES string of the molecule is CN(Cc1ccc(C(F)(F)F)cc1)[C@H]1CNC[C@@H]1c1cccc(Cl)c1. The molecule has 2 aromatic rings. The van der Waals surface area contributed by atoms with Crippen LogP contribution in [0.4, 0.5) is 13.2 Å². The first-order valence-corrected chi connectivity index (χ1v) is 8.55. The third-order valence-corrected chi connectivity index (χ3v) is 4.97. The molecule has 25 heavy (non-hydrogen) atoms. The number of nitrogens with one attached hydrogen (secondary N) is 1. The summed E-state index contributed by atoms with van der Waals surface area (Å²) in [4.78, 5) is 2.19. The fourth-order valence-electron chi connectivity index (χ4n) is 3.41. The highest BCUT2D eigenvalue weighted by Crippen LogP contribution is 2.31. The topological polar surface area (TPSA) is 15.3 Å². The largest absolute Gasteiger partial charge is 0.416 e. The average Bonchev–Trinajstić information content (AvgIpc) is 3.04. The number of alkyl halides is 3. The van der Waals surface area contributed by atoms with Gasteiger partial charge in [-0.25, -0.2) is 0 Å². The van der Waals surface area contributed by atoms with Gasteiger partial charge in [-0.3, -0.25) is 4.90 Å². The Morgan fingerprint density at radius 1 is 1.12 bits per heavy atom. The molecule has 1 aliphatic heterocycles. The van der Waals surface area contributed by atoms with Gasteiger partial charge in [0.1, 0.15) is 0 Å². The predicted octanol–water partition coefficient (Wildman–Crippen LogP) is 4.55. The molecule has 0 amide bonds. The van der Waals surface area contributed by atoms with Crippen molar-refractivity contribution in [1.82, 2.24) is 10.2 Å². The lowest BCUT2D eigenvalue weighted by molar-refractivity contribution is -0.137. The first-order chi connectivity index (χ1) is 11.8. The van der Waals surface area contributed by atoms with E-state index in [0.717, 1.165) is 30.8 Å². The summed E-state index contributed by atoms with van der Waals surface area (Å²) >= 11 is 6.11. The Labute approximate surface area is 150 Å². The van der Waals surface area contributed by atoms with Crippen LogP contribution in [0, 0.1) is 0 Å². The number of likely N-dealkylation sites (N-methyl/N-ethyl adjacent to an activating group) is 1. The maximum atomic E-state index is 12.7. The van der Waals surface area contributed by atoms with Gasteiger partial charge in [-0.15, -0.1) is 0 Å². The summed E-state index contributed by atoms with van der Waals surface area (Å²) in [6.45, 7) is 2.30. The van der Waals surface area contributed by atoms with E-state index in [-0.39, 0.29) is 6.04 Å². The Morgan fingerprint density at radius 3 is 2.48 bits per heavy atom. The minimum absolute atomic E-state index is 0.265. The molecule has 0 bridgehead atoms. The molecule has 0 radical (unpaired) electrons. The van der Waals surface area contributed by atoms with Crippen molar-refractivity contribution in [2.24, 2.45) is 0 Å². The van der Waals surface area contributed by atoms with Gasteiger partial charge in [0.2, 0.25) is 0 Å². The van der Waals surface area contributed by atoms with Crippen molar-refractivity contribution in [1.29, 1.82) is 0 Å². The Morgan fingerprint density at radius 2 is 1.84 bits per heavy atom. The second kappa shape index (κ2) is 7.36. The highest BCUT2D eigenvalue weighted by atomic mass is 35.5. The highest BCUT2D eigenvalue weighted by Gasteiger charge is 2.32. The van der Waals surface area contributed by atoms with Crippen LogP contribution in [-0.4, -0.2) is 31.1 Å². The zero-order chi connectivity index (χ0) is 18.0. The maximum absolute atomic E-state index is 12.7. The molecule has 0 aliphatic carbocycles. The van der Waals surface area contributed by atoms with E-state index in [1.165, 1.54) is 5.56 Å². The summed E-state index contributed by atoms with van der Waals surface area (Å²) in [6.07, 6.45) is -4.29. The molecule has 3 rings (SSSR count). The van der Waals surface area contributed by atoms with E-state index >= 15 is 0 Å². The van der Waals surface area contributed by atoms with Crippen LogP contribution in [0.25, 0.3) is 0 Å². The molecule has 1 aliphatic rings. The summed E-state index contributed by atoms with van der Waals surface area (Å²) in [5.41, 5.74) is 1.44. The molecule has 2 atom stereocenters. The zero-order valence-corrected chi connectivity index (χ0v) is 14.6. The van der Waals surface area contributed by atoms with E-state index in [1.54, 1.807) is 12.1 Å². The fourth-order valence-corrected chi connectivity index (χ4v) is 3.61. The highest BCUT2D eigenvalue weighted by molar-refractivity contribution is 6.30. The van der Waals surface area contributed by atoms with E-state index in [4.69, 9.17) is 11.6 Å². The van der Waals surface area contributed by atoms with Crippen molar-refractivity contribution < 1.29 is 13.2 Å². The number of halogens is 4. The van der Waals surface area contributed by atoms with Crippen LogP contribution in [0.15, 0.2) is 48.5 Å². The minimum atomic E-state index is -4.29. The second-order valence-corrected chi connectivity index (χ2v) is 6.93. The van der Waals surface area contributed by atoms with Crippen molar-refractivity contribution in [2.75, 3.05) is 20.1 Å². The van der Waals surface area contributed by atoms with Crippen molar-refractivity contribution in [3.05, 3.63) is 70.2 Å². The molecule has 0 aromatic heterocycles. The van der Waals surface area contributed by atoms with Gasteiger partial charge < -0.3 is 5.32 Å². The molecule has 1 fully saturated rings. The molecule has 2 aromatic carbocycles. The van der Waals surface area contributed by atoms with E-state index in [0.29, 0.717) is 17.5 Å². The van der Waals surface area contributed by atoms with Crippen LogP contribution in [0.3, 0.4) is 0 Å². The van der Waals surface area contributed by atoms with Crippen LogP contribution < -0.4 is 5.32 Å². The summed E-state index contributed by atoms with van der Waals surface area (Å²) in [5, 5.41) is 4.12. The van der Waals surface area contributed by atoms with Gasteiger partial charge in [0.25, 0.3) is 0 Å². The fraction of sp³-hybridized carbons (Fsp3) is 0.368. The first-order valence-electron chi connectivity index (χ1n) is 8.17. The van der Waals surface area contributed by atoms with Gasteiger partial charge in [-0.2, -0.15) is 13.2 Å². The normalized spacial score (nSPS) is 21.0. The lowest BCUT2D eigenvalue weighted by atomic mass is 9.93. The van der Waals surface area contributed by atoms with Crippen LogP contribution in [0.1, 0.15) is 22.6 Å². The Hall–Kier alpha value is -1.56. The Bertz CT molecular complexity index is 715. The standard InChI is InChI=1S/C19H20ClF3N2/c1-25(12-13-5-7-15(8-6-13)19(21,22)23)18-11-24-10-17(18)14-3-2-4-16(20)9-14/h2-9,17-18,24H,10-12H2,1H3/t17-,18+/m1/s1. The molecule has 1 saturated heterocycles. The molecule has 134 valence electrons. The Balaban J connectivity index is 1.70. The number of hydrogen-bond donors (Lipinski definition) is 1. The van der Waals surface area contributed by atoms with E-state index in [2.05, 4.69) is 16.3 Å². The van der Waals surface area contributed by atoms with Crippen LogP contribution in [-0.2, 0) is 12.7 Å². The van der Waals surface area contributed by atoms with Gasteiger partial charge in [0, 0.05) is 36.6 Å². The van der Waals surface area contributed by atoms with Gasteiger partial charge in [-0.05, 0) is 42.4 Å². The van der Waals surface area contributed by atoms with Crippen LogP contribution >= 0.6 is 11.6 Å². The van der Waals surface area contributed by atoms with E-state index < -0.39 is 11.7 Å². The smallest absolute Gasteiger partial charge is 0.314 e. The molecular weight excluding hydrogens is 349 g/mol. The van der Waals surface area contributed by atoms with Gasteiger partial charge in [0.05, 0.1) is 5.56 Å². The third kappa shape index (κ3) is 4.35. The summed E-state index contributed by atoms with van der Waals surface area (Å²) < 4.78 is 38.0. The summed E-state index contributed by atoms with van der Waals surface area (Å²) in [7, 11) is 2.01. The number of rotatable bonds is 4. The second-order valence-electron chi connectivity index (χ2n) is 6.50. The number of nitrogens with zero attached hydrogens (tertiary/aromatic N) is 1. The third-order valence-electron chi connectivity index (χ3n) is 4.74. The molecule has 2 nitrogen and oxygen atoms in total. The van der Waals surface area contributed by atoms with Crippen molar-refractivity contribution >= 4 is 11.6 Å². The van der Waals surface area contributed by atoms with Gasteiger partial charge in [0.15, 0.2) is 0 Å². The van der Waals surface area contributed by atoms with E-state index in [1.807, 2.05) is 25.2 Å². The number of hydrogen-bond acceptors (Lipinski definition) is 2. The molecule has 0 saturated carbocycles.